The highest BCUT2D eigenvalue weighted by atomic mass is 35.5. The average Bonchev–Trinajstić information content (AvgIpc) is 2.70. The van der Waals surface area contributed by atoms with Crippen LogP contribution < -0.4 is 5.32 Å². The Bertz CT molecular complexity index is 1210. The summed E-state index contributed by atoms with van der Waals surface area (Å²) in [6, 6.07) is 16.6. The van der Waals surface area contributed by atoms with E-state index in [0.717, 1.165) is 16.6 Å². The molecule has 2 N–H and O–H groups in total. The number of hydrogen-bond donors (Lipinski definition) is 2. The van der Waals surface area contributed by atoms with Crippen LogP contribution in [-0.2, 0) is 0 Å². The molecular formula is C23H17Cl2FN2O. The number of rotatable bonds is 4. The van der Waals surface area contributed by atoms with Gasteiger partial charge in [0.2, 0.25) is 0 Å². The number of phenols is 1. The van der Waals surface area contributed by atoms with E-state index >= 15 is 0 Å². The van der Waals surface area contributed by atoms with E-state index in [0.29, 0.717) is 21.7 Å². The van der Waals surface area contributed by atoms with Gasteiger partial charge in [0.25, 0.3) is 0 Å². The summed E-state index contributed by atoms with van der Waals surface area (Å²) in [6.45, 7) is 1.91. The summed E-state index contributed by atoms with van der Waals surface area (Å²) in [5.74, 6) is -0.379. The first-order chi connectivity index (χ1) is 13.9. The topological polar surface area (TPSA) is 45.2 Å². The predicted octanol–water partition coefficient (Wildman–Crippen LogP) is 6.90. The van der Waals surface area contributed by atoms with Gasteiger partial charge in [0.1, 0.15) is 17.1 Å². The lowest BCUT2D eigenvalue weighted by atomic mass is 9.95. The van der Waals surface area contributed by atoms with Crippen molar-refractivity contribution in [2.75, 3.05) is 5.32 Å². The van der Waals surface area contributed by atoms with E-state index in [-0.39, 0.29) is 10.8 Å². The Morgan fingerprint density at radius 3 is 2.52 bits per heavy atom. The number of nitrogens with zero attached hydrogens (tertiary/aromatic N) is 1. The fourth-order valence-corrected chi connectivity index (χ4v) is 3.73. The van der Waals surface area contributed by atoms with Crippen molar-refractivity contribution in [2.24, 2.45) is 0 Å². The first-order valence-electron chi connectivity index (χ1n) is 8.98. The number of aryl methyl sites for hydroxylation is 1. The van der Waals surface area contributed by atoms with Crippen LogP contribution in [0, 0.1) is 12.7 Å². The molecule has 0 saturated carbocycles. The van der Waals surface area contributed by atoms with Gasteiger partial charge < -0.3 is 10.4 Å². The van der Waals surface area contributed by atoms with Crippen molar-refractivity contribution in [1.82, 2.24) is 4.98 Å². The molecule has 0 amide bonds. The second-order valence-electron chi connectivity index (χ2n) is 6.79. The molecule has 0 radical (unpaired) electrons. The van der Waals surface area contributed by atoms with E-state index in [1.165, 1.54) is 12.1 Å². The van der Waals surface area contributed by atoms with Crippen molar-refractivity contribution < 1.29 is 9.50 Å². The minimum atomic E-state index is -0.532. The molecule has 0 aliphatic heterocycles. The third kappa shape index (κ3) is 3.86. The SMILES string of the molecule is Cc1cc(NC(c2ccc(F)cc2Cl)c2ccc3cccnc3c2O)ccc1Cl. The number of anilines is 1. The zero-order valence-corrected chi connectivity index (χ0v) is 17.0. The molecule has 6 heteroatoms. The van der Waals surface area contributed by atoms with Crippen molar-refractivity contribution in [3.8, 4) is 5.75 Å². The van der Waals surface area contributed by atoms with Crippen LogP contribution in [-0.4, -0.2) is 10.1 Å². The van der Waals surface area contributed by atoms with Crippen LogP contribution in [0.5, 0.6) is 5.75 Å². The number of pyridine rings is 1. The van der Waals surface area contributed by atoms with Gasteiger partial charge in [-0.1, -0.05) is 47.5 Å². The van der Waals surface area contributed by atoms with Gasteiger partial charge in [-0.3, -0.25) is 4.98 Å². The Balaban J connectivity index is 1.88. The highest BCUT2D eigenvalue weighted by molar-refractivity contribution is 6.31. The summed E-state index contributed by atoms with van der Waals surface area (Å²) in [4.78, 5) is 4.30. The number of aromatic hydroxyl groups is 1. The third-order valence-corrected chi connectivity index (χ3v) is 5.58. The molecule has 1 atom stereocenters. The van der Waals surface area contributed by atoms with Crippen molar-refractivity contribution in [3.05, 3.63) is 99.4 Å². The van der Waals surface area contributed by atoms with Crippen LogP contribution in [0.1, 0.15) is 22.7 Å². The van der Waals surface area contributed by atoms with Crippen LogP contribution in [0.4, 0.5) is 10.1 Å². The maximum Gasteiger partial charge on any atom is 0.147 e. The highest BCUT2D eigenvalue weighted by Crippen LogP contribution is 2.39. The van der Waals surface area contributed by atoms with Crippen LogP contribution in [0.25, 0.3) is 10.9 Å². The molecule has 3 nitrogen and oxygen atoms in total. The first kappa shape index (κ1) is 19.5. The van der Waals surface area contributed by atoms with Gasteiger partial charge in [-0.2, -0.15) is 0 Å². The summed E-state index contributed by atoms with van der Waals surface area (Å²) >= 11 is 12.5. The maximum absolute atomic E-state index is 13.6. The summed E-state index contributed by atoms with van der Waals surface area (Å²) in [5, 5.41) is 16.1. The molecule has 1 heterocycles. The zero-order valence-electron chi connectivity index (χ0n) is 15.5. The van der Waals surface area contributed by atoms with Crippen LogP contribution in [0.3, 0.4) is 0 Å². The molecule has 0 bridgehead atoms. The Morgan fingerprint density at radius 2 is 1.76 bits per heavy atom. The monoisotopic (exact) mass is 426 g/mol. The standard InChI is InChI=1S/C23H17Cl2FN2O/c1-13-11-16(6-9-19(13)24)28-22(17-8-5-15(26)12-20(17)25)18-7-4-14-3-2-10-27-21(14)23(18)29/h2-12,22,28-29H,1H3. The summed E-state index contributed by atoms with van der Waals surface area (Å²) in [5.41, 5.74) is 3.40. The largest absolute Gasteiger partial charge is 0.505 e. The number of nitrogens with one attached hydrogen (secondary N) is 1. The molecule has 4 aromatic rings. The van der Waals surface area contributed by atoms with E-state index in [4.69, 9.17) is 23.2 Å². The van der Waals surface area contributed by atoms with Crippen LogP contribution >= 0.6 is 23.2 Å². The van der Waals surface area contributed by atoms with Crippen molar-refractivity contribution in [2.45, 2.75) is 13.0 Å². The number of aromatic nitrogens is 1. The zero-order chi connectivity index (χ0) is 20.5. The molecule has 1 aromatic heterocycles. The maximum atomic E-state index is 13.6. The molecule has 0 fully saturated rings. The fourth-order valence-electron chi connectivity index (χ4n) is 3.34. The van der Waals surface area contributed by atoms with E-state index in [1.807, 2.05) is 43.3 Å². The van der Waals surface area contributed by atoms with Crippen molar-refractivity contribution in [3.63, 3.8) is 0 Å². The van der Waals surface area contributed by atoms with Crippen molar-refractivity contribution >= 4 is 39.8 Å². The average molecular weight is 427 g/mol. The molecule has 0 saturated heterocycles. The summed E-state index contributed by atoms with van der Waals surface area (Å²) < 4.78 is 13.6. The lowest BCUT2D eigenvalue weighted by molar-refractivity contribution is 0.472. The Labute approximate surface area is 177 Å². The molecule has 146 valence electrons. The minimum Gasteiger partial charge on any atom is -0.505 e. The van der Waals surface area contributed by atoms with E-state index < -0.39 is 11.9 Å². The molecule has 1 unspecified atom stereocenters. The first-order valence-corrected chi connectivity index (χ1v) is 9.74. The van der Waals surface area contributed by atoms with Gasteiger partial charge in [0.15, 0.2) is 0 Å². The van der Waals surface area contributed by atoms with Crippen LogP contribution in [0.15, 0.2) is 66.9 Å². The quantitative estimate of drug-likeness (QED) is 0.373. The number of hydrogen-bond acceptors (Lipinski definition) is 3. The highest BCUT2D eigenvalue weighted by Gasteiger charge is 2.22. The van der Waals surface area contributed by atoms with E-state index in [1.54, 1.807) is 18.3 Å². The van der Waals surface area contributed by atoms with Gasteiger partial charge >= 0.3 is 0 Å². The Morgan fingerprint density at radius 1 is 0.966 bits per heavy atom. The molecule has 3 aromatic carbocycles. The van der Waals surface area contributed by atoms with Gasteiger partial charge in [0, 0.05) is 32.9 Å². The van der Waals surface area contributed by atoms with E-state index in [2.05, 4.69) is 10.3 Å². The van der Waals surface area contributed by atoms with E-state index in [9.17, 15) is 9.50 Å². The third-order valence-electron chi connectivity index (χ3n) is 4.83. The molecule has 4 rings (SSSR count). The molecule has 0 aliphatic rings. The second-order valence-corrected chi connectivity index (χ2v) is 7.60. The predicted molar refractivity (Wildman–Crippen MR) is 116 cm³/mol. The minimum absolute atomic E-state index is 0.0478. The van der Waals surface area contributed by atoms with Gasteiger partial charge in [-0.25, -0.2) is 4.39 Å². The van der Waals surface area contributed by atoms with Crippen LogP contribution in [0.2, 0.25) is 10.0 Å². The molecular weight excluding hydrogens is 410 g/mol. The smallest absolute Gasteiger partial charge is 0.147 e. The number of halogens is 3. The number of phenolic OH excluding ortho intramolecular Hbond substituents is 1. The number of fused-ring (bicyclic) bond motifs is 1. The Hall–Kier alpha value is -2.82. The Kier molecular flexibility index (Phi) is 5.31. The van der Waals surface area contributed by atoms with Gasteiger partial charge in [-0.15, -0.1) is 0 Å². The normalized spacial score (nSPS) is 12.1. The second kappa shape index (κ2) is 7.90. The number of benzene rings is 3. The van der Waals surface area contributed by atoms with Gasteiger partial charge in [0.05, 0.1) is 6.04 Å². The summed E-state index contributed by atoms with van der Waals surface area (Å²) in [7, 11) is 0. The summed E-state index contributed by atoms with van der Waals surface area (Å²) in [6.07, 6.45) is 1.63. The van der Waals surface area contributed by atoms with Gasteiger partial charge in [-0.05, 0) is 54.4 Å². The molecule has 0 aliphatic carbocycles. The lowest BCUT2D eigenvalue weighted by Gasteiger charge is -2.24. The lowest BCUT2D eigenvalue weighted by Crippen LogP contribution is -2.14. The van der Waals surface area contributed by atoms with Crippen molar-refractivity contribution in [1.29, 1.82) is 0 Å². The molecule has 29 heavy (non-hydrogen) atoms. The fraction of sp³-hybridized carbons (Fsp3) is 0.0870. The molecule has 0 spiro atoms.